The van der Waals surface area contributed by atoms with Crippen LogP contribution in [0.25, 0.3) is 0 Å². The number of hydrogen-bond acceptors (Lipinski definition) is 4. The van der Waals surface area contributed by atoms with E-state index in [1.54, 1.807) is 18.2 Å². The lowest BCUT2D eigenvalue weighted by molar-refractivity contribution is 1.18. The first-order valence-electron chi connectivity index (χ1n) is 4.91. The lowest BCUT2D eigenvalue weighted by atomic mass is 10.3. The summed E-state index contributed by atoms with van der Waals surface area (Å²) in [5, 5.41) is 3.99. The monoisotopic (exact) mass is 298 g/mol. The standard InChI is InChI=1S/C11H8Cl2N4S/c12-6-2-1-3-7(13)10(6)17-9-5-15-8(4-16-9)11(14)18/h1-5H,(H2,14,18)(H,16,17). The van der Waals surface area contributed by atoms with Crippen molar-refractivity contribution in [2.24, 2.45) is 5.73 Å². The van der Waals surface area contributed by atoms with Gasteiger partial charge < -0.3 is 11.1 Å². The summed E-state index contributed by atoms with van der Waals surface area (Å²) in [6.45, 7) is 0. The van der Waals surface area contributed by atoms with Crippen molar-refractivity contribution in [2.45, 2.75) is 0 Å². The number of hydrogen-bond donors (Lipinski definition) is 2. The number of thiocarbonyl (C=S) groups is 1. The van der Waals surface area contributed by atoms with Crippen LogP contribution in [0.1, 0.15) is 5.69 Å². The second-order valence-corrected chi connectivity index (χ2v) is 4.63. The van der Waals surface area contributed by atoms with Crippen LogP contribution in [0.3, 0.4) is 0 Å². The molecule has 0 fully saturated rings. The minimum absolute atomic E-state index is 0.199. The molecule has 7 heteroatoms. The van der Waals surface area contributed by atoms with Gasteiger partial charge in [0.25, 0.3) is 0 Å². The fourth-order valence-electron chi connectivity index (χ4n) is 1.27. The SMILES string of the molecule is NC(=S)c1cnc(Nc2c(Cl)cccc2Cl)cn1. The maximum absolute atomic E-state index is 6.03. The van der Waals surface area contributed by atoms with Gasteiger partial charge in [0.1, 0.15) is 16.5 Å². The predicted octanol–water partition coefficient (Wildman–Crippen LogP) is 3.16. The van der Waals surface area contributed by atoms with Crippen LogP contribution in [0.2, 0.25) is 10.0 Å². The van der Waals surface area contributed by atoms with Crippen LogP contribution < -0.4 is 11.1 Å². The van der Waals surface area contributed by atoms with E-state index in [1.165, 1.54) is 12.4 Å². The van der Waals surface area contributed by atoms with Crippen molar-refractivity contribution in [3.05, 3.63) is 46.3 Å². The third-order valence-corrected chi connectivity index (χ3v) is 2.96. The Balaban J connectivity index is 2.26. The highest BCUT2D eigenvalue weighted by molar-refractivity contribution is 7.80. The smallest absolute Gasteiger partial charge is 0.148 e. The molecule has 0 radical (unpaired) electrons. The van der Waals surface area contributed by atoms with Crippen molar-refractivity contribution >= 4 is 51.9 Å². The van der Waals surface area contributed by atoms with Gasteiger partial charge in [-0.25, -0.2) is 9.97 Å². The number of nitrogens with two attached hydrogens (primary N) is 1. The van der Waals surface area contributed by atoms with E-state index in [0.717, 1.165) is 0 Å². The van der Waals surface area contributed by atoms with Crippen LogP contribution in [0.5, 0.6) is 0 Å². The van der Waals surface area contributed by atoms with Crippen LogP contribution >= 0.6 is 35.4 Å². The molecule has 92 valence electrons. The van der Waals surface area contributed by atoms with E-state index in [0.29, 0.717) is 27.2 Å². The zero-order valence-corrected chi connectivity index (χ0v) is 11.4. The van der Waals surface area contributed by atoms with Gasteiger partial charge in [0.05, 0.1) is 28.1 Å². The molecule has 2 aromatic rings. The fraction of sp³-hybridized carbons (Fsp3) is 0. The molecule has 18 heavy (non-hydrogen) atoms. The third kappa shape index (κ3) is 2.87. The first-order chi connectivity index (χ1) is 8.58. The summed E-state index contributed by atoms with van der Waals surface area (Å²) in [5.41, 5.74) is 6.47. The molecule has 1 heterocycles. The average Bonchev–Trinajstić information content (AvgIpc) is 2.34. The van der Waals surface area contributed by atoms with Gasteiger partial charge in [-0.2, -0.15) is 0 Å². The average molecular weight is 299 g/mol. The molecule has 3 N–H and O–H groups in total. The Morgan fingerprint density at radius 3 is 2.33 bits per heavy atom. The minimum atomic E-state index is 0.199. The van der Waals surface area contributed by atoms with Gasteiger partial charge in [-0.05, 0) is 12.1 Å². The molecule has 1 aromatic carbocycles. The van der Waals surface area contributed by atoms with Crippen LogP contribution in [0.4, 0.5) is 11.5 Å². The van der Waals surface area contributed by atoms with Crippen molar-refractivity contribution < 1.29 is 0 Å². The van der Waals surface area contributed by atoms with E-state index >= 15 is 0 Å². The Hall–Kier alpha value is -1.43. The Morgan fingerprint density at radius 1 is 1.17 bits per heavy atom. The van der Waals surface area contributed by atoms with Crippen molar-refractivity contribution in [1.29, 1.82) is 0 Å². The number of benzene rings is 1. The zero-order valence-electron chi connectivity index (χ0n) is 9.02. The molecule has 0 spiro atoms. The van der Waals surface area contributed by atoms with Gasteiger partial charge in [-0.1, -0.05) is 41.5 Å². The fourth-order valence-corrected chi connectivity index (χ4v) is 1.86. The second kappa shape index (κ2) is 5.48. The third-order valence-electron chi connectivity index (χ3n) is 2.12. The number of para-hydroxylation sites is 1. The van der Waals surface area contributed by atoms with E-state index in [2.05, 4.69) is 15.3 Å². The molecule has 0 aliphatic carbocycles. The van der Waals surface area contributed by atoms with E-state index in [9.17, 15) is 0 Å². The van der Waals surface area contributed by atoms with Gasteiger partial charge in [0.2, 0.25) is 0 Å². The quantitative estimate of drug-likeness (QED) is 0.852. The Labute approximate surface area is 119 Å². The number of nitrogens with one attached hydrogen (secondary N) is 1. The van der Waals surface area contributed by atoms with Gasteiger partial charge >= 0.3 is 0 Å². The maximum Gasteiger partial charge on any atom is 0.148 e. The normalized spacial score (nSPS) is 10.1. The van der Waals surface area contributed by atoms with Crippen molar-refractivity contribution in [3.63, 3.8) is 0 Å². The van der Waals surface area contributed by atoms with Crippen molar-refractivity contribution in [2.75, 3.05) is 5.32 Å². The molecular formula is C11H8Cl2N4S. The van der Waals surface area contributed by atoms with E-state index < -0.39 is 0 Å². The largest absolute Gasteiger partial charge is 0.388 e. The van der Waals surface area contributed by atoms with E-state index in [1.807, 2.05) is 0 Å². The molecule has 2 rings (SSSR count). The molecule has 0 unspecified atom stereocenters. The number of anilines is 2. The molecule has 0 atom stereocenters. The molecule has 0 aliphatic heterocycles. The highest BCUT2D eigenvalue weighted by Crippen LogP contribution is 2.31. The van der Waals surface area contributed by atoms with E-state index in [-0.39, 0.29) is 4.99 Å². The van der Waals surface area contributed by atoms with Crippen molar-refractivity contribution in [3.8, 4) is 0 Å². The van der Waals surface area contributed by atoms with Gasteiger partial charge in [-0.3, -0.25) is 0 Å². The lowest BCUT2D eigenvalue weighted by Crippen LogP contribution is -2.12. The molecule has 0 aliphatic rings. The maximum atomic E-state index is 6.03. The van der Waals surface area contributed by atoms with Crippen LogP contribution in [-0.2, 0) is 0 Å². The van der Waals surface area contributed by atoms with Crippen LogP contribution in [0.15, 0.2) is 30.6 Å². The molecule has 0 saturated carbocycles. The lowest BCUT2D eigenvalue weighted by Gasteiger charge is -2.09. The summed E-state index contributed by atoms with van der Waals surface area (Å²) < 4.78 is 0. The summed E-state index contributed by atoms with van der Waals surface area (Å²) >= 11 is 16.8. The second-order valence-electron chi connectivity index (χ2n) is 3.37. The summed E-state index contributed by atoms with van der Waals surface area (Å²) in [4.78, 5) is 8.37. The number of nitrogens with zero attached hydrogens (tertiary/aromatic N) is 2. The predicted molar refractivity (Wildman–Crippen MR) is 77.7 cm³/mol. The molecule has 0 amide bonds. The molecular weight excluding hydrogens is 291 g/mol. The first kappa shape index (κ1) is 13.0. The van der Waals surface area contributed by atoms with E-state index in [4.69, 9.17) is 41.2 Å². The summed E-state index contributed by atoms with van der Waals surface area (Å²) in [6, 6.07) is 5.22. The van der Waals surface area contributed by atoms with Gasteiger partial charge in [0.15, 0.2) is 0 Å². The zero-order chi connectivity index (χ0) is 13.1. The molecule has 1 aromatic heterocycles. The molecule has 0 saturated heterocycles. The number of halogens is 2. The highest BCUT2D eigenvalue weighted by Gasteiger charge is 2.07. The van der Waals surface area contributed by atoms with Crippen molar-refractivity contribution in [1.82, 2.24) is 9.97 Å². The van der Waals surface area contributed by atoms with Gasteiger partial charge in [-0.15, -0.1) is 0 Å². The Morgan fingerprint density at radius 2 is 1.83 bits per heavy atom. The summed E-state index contributed by atoms with van der Waals surface area (Å²) in [6.07, 6.45) is 2.99. The Kier molecular flexibility index (Phi) is 3.96. The minimum Gasteiger partial charge on any atom is -0.388 e. The van der Waals surface area contributed by atoms with Crippen LogP contribution in [0, 0.1) is 0 Å². The Bertz CT molecular complexity index is 566. The molecule has 0 bridgehead atoms. The molecule has 4 nitrogen and oxygen atoms in total. The summed E-state index contributed by atoms with van der Waals surface area (Å²) in [7, 11) is 0. The summed E-state index contributed by atoms with van der Waals surface area (Å²) in [5.74, 6) is 0.505. The first-order valence-corrected chi connectivity index (χ1v) is 6.07. The number of rotatable bonds is 3. The van der Waals surface area contributed by atoms with Crippen LogP contribution in [-0.4, -0.2) is 15.0 Å². The van der Waals surface area contributed by atoms with Gasteiger partial charge in [0, 0.05) is 0 Å². The topological polar surface area (TPSA) is 63.8 Å². The highest BCUT2D eigenvalue weighted by atomic mass is 35.5. The number of aromatic nitrogens is 2.